The van der Waals surface area contributed by atoms with Crippen LogP contribution in [0.4, 0.5) is 0 Å². The van der Waals surface area contributed by atoms with Crippen LogP contribution in [0.5, 0.6) is 0 Å². The van der Waals surface area contributed by atoms with E-state index in [2.05, 4.69) is 21.6 Å². The van der Waals surface area contributed by atoms with Crippen LogP contribution in [0.2, 0.25) is 0 Å². The number of nitrogens with two attached hydrogens (primary N) is 1. The van der Waals surface area contributed by atoms with Gasteiger partial charge in [-0.1, -0.05) is 17.8 Å². The number of aromatic nitrogens is 4. The lowest BCUT2D eigenvalue weighted by Gasteiger charge is -2.10. The van der Waals surface area contributed by atoms with Gasteiger partial charge in [0, 0.05) is 25.0 Å². The molecule has 2 aromatic heterocycles. The van der Waals surface area contributed by atoms with Crippen LogP contribution in [0, 0.1) is 0 Å². The third kappa shape index (κ3) is 2.94. The average molecular weight is 265 g/mol. The summed E-state index contributed by atoms with van der Waals surface area (Å²) in [6.07, 6.45) is 5.69. The van der Waals surface area contributed by atoms with Crippen molar-refractivity contribution in [3.63, 3.8) is 0 Å². The quantitative estimate of drug-likeness (QED) is 0.865. The van der Waals surface area contributed by atoms with Crippen molar-refractivity contribution in [1.82, 2.24) is 19.4 Å². The Hall–Kier alpha value is -1.27. The summed E-state index contributed by atoms with van der Waals surface area (Å²) in [4.78, 5) is 1.14. The van der Waals surface area contributed by atoms with E-state index in [1.807, 2.05) is 24.0 Å². The van der Waals surface area contributed by atoms with Gasteiger partial charge < -0.3 is 5.73 Å². The van der Waals surface area contributed by atoms with Gasteiger partial charge >= 0.3 is 0 Å². The van der Waals surface area contributed by atoms with Crippen LogP contribution in [0.25, 0.3) is 0 Å². The lowest BCUT2D eigenvalue weighted by molar-refractivity contribution is 0.614. The van der Waals surface area contributed by atoms with Crippen LogP contribution < -0.4 is 5.73 Å². The van der Waals surface area contributed by atoms with Crippen molar-refractivity contribution < 1.29 is 0 Å². The minimum absolute atomic E-state index is 0.0291. The maximum atomic E-state index is 6.24. The van der Waals surface area contributed by atoms with E-state index < -0.39 is 0 Å². The fraction of sp³-hybridized carbons (Fsp3) is 0.583. The molecule has 1 unspecified atom stereocenters. The van der Waals surface area contributed by atoms with E-state index in [0.717, 1.165) is 36.3 Å². The van der Waals surface area contributed by atoms with Crippen molar-refractivity contribution in [3.05, 3.63) is 28.5 Å². The summed E-state index contributed by atoms with van der Waals surface area (Å²) in [5, 5.41) is 8.32. The van der Waals surface area contributed by atoms with Crippen LogP contribution in [0.3, 0.4) is 0 Å². The number of hydrogen-bond acceptors (Lipinski definition) is 5. The topological polar surface area (TPSA) is 69.6 Å². The molecule has 5 nitrogen and oxygen atoms in total. The van der Waals surface area contributed by atoms with Gasteiger partial charge in [0.1, 0.15) is 0 Å². The first kappa shape index (κ1) is 13.2. The molecule has 2 N–H and O–H groups in total. The predicted molar refractivity (Wildman–Crippen MR) is 72.4 cm³/mol. The standard InChI is InChI=1S/C12H19N5S/c1-3-4-11-12(18-16-15-11)10(13)6-5-9-7-8-14-17(9)2/h7-8,10H,3-6,13H2,1-2H3. The summed E-state index contributed by atoms with van der Waals surface area (Å²) in [5.74, 6) is 0. The largest absolute Gasteiger partial charge is 0.323 e. The summed E-state index contributed by atoms with van der Waals surface area (Å²) in [7, 11) is 1.96. The van der Waals surface area contributed by atoms with Gasteiger partial charge in [-0.15, -0.1) is 5.10 Å². The number of rotatable bonds is 6. The molecule has 0 amide bonds. The second-order valence-electron chi connectivity index (χ2n) is 4.43. The molecule has 0 aliphatic rings. The molecule has 18 heavy (non-hydrogen) atoms. The molecule has 0 saturated carbocycles. The van der Waals surface area contributed by atoms with E-state index in [0.29, 0.717) is 0 Å². The maximum Gasteiger partial charge on any atom is 0.0803 e. The van der Waals surface area contributed by atoms with Crippen molar-refractivity contribution >= 4 is 11.5 Å². The molecule has 0 aliphatic heterocycles. The van der Waals surface area contributed by atoms with Crippen molar-refractivity contribution in [2.45, 2.75) is 38.6 Å². The molecule has 0 bridgehead atoms. The highest BCUT2D eigenvalue weighted by molar-refractivity contribution is 7.05. The molecule has 0 aromatic carbocycles. The zero-order chi connectivity index (χ0) is 13.0. The molecule has 2 heterocycles. The molecule has 98 valence electrons. The Kier molecular flexibility index (Phi) is 4.43. The van der Waals surface area contributed by atoms with Gasteiger partial charge in [-0.3, -0.25) is 4.68 Å². The van der Waals surface area contributed by atoms with E-state index >= 15 is 0 Å². The maximum absolute atomic E-state index is 6.24. The van der Waals surface area contributed by atoms with E-state index in [4.69, 9.17) is 5.73 Å². The predicted octanol–water partition coefficient (Wildman–Crippen LogP) is 1.86. The van der Waals surface area contributed by atoms with Gasteiger partial charge in [0.2, 0.25) is 0 Å². The molecule has 2 aromatic rings. The lowest BCUT2D eigenvalue weighted by atomic mass is 10.1. The summed E-state index contributed by atoms with van der Waals surface area (Å²) in [6, 6.07) is 2.06. The molecular weight excluding hydrogens is 246 g/mol. The molecule has 0 spiro atoms. The Morgan fingerprint density at radius 1 is 1.44 bits per heavy atom. The highest BCUT2D eigenvalue weighted by Crippen LogP contribution is 2.23. The Morgan fingerprint density at radius 2 is 2.28 bits per heavy atom. The van der Waals surface area contributed by atoms with E-state index in [-0.39, 0.29) is 6.04 Å². The lowest BCUT2D eigenvalue weighted by Crippen LogP contribution is -2.13. The fourth-order valence-electron chi connectivity index (χ4n) is 1.99. The SMILES string of the molecule is CCCc1nnsc1C(N)CCc1ccnn1C. The van der Waals surface area contributed by atoms with Gasteiger partial charge in [-0.25, -0.2) is 0 Å². The Morgan fingerprint density at radius 3 is 2.94 bits per heavy atom. The smallest absolute Gasteiger partial charge is 0.0803 e. The van der Waals surface area contributed by atoms with Crippen molar-refractivity contribution in [3.8, 4) is 0 Å². The minimum Gasteiger partial charge on any atom is -0.323 e. The highest BCUT2D eigenvalue weighted by Gasteiger charge is 2.15. The molecule has 0 fully saturated rings. The number of aryl methyl sites for hydroxylation is 3. The summed E-state index contributed by atoms with van der Waals surface area (Å²) < 4.78 is 5.91. The van der Waals surface area contributed by atoms with Crippen molar-refractivity contribution in [1.29, 1.82) is 0 Å². The van der Waals surface area contributed by atoms with Crippen LogP contribution >= 0.6 is 11.5 Å². The van der Waals surface area contributed by atoms with Crippen LogP contribution in [-0.2, 0) is 19.9 Å². The van der Waals surface area contributed by atoms with E-state index in [9.17, 15) is 0 Å². The number of hydrogen-bond donors (Lipinski definition) is 1. The van der Waals surface area contributed by atoms with Crippen LogP contribution in [0.15, 0.2) is 12.3 Å². The molecule has 0 aliphatic carbocycles. The molecule has 1 atom stereocenters. The molecule has 0 saturated heterocycles. The first-order chi connectivity index (χ1) is 8.72. The normalized spacial score (nSPS) is 12.8. The summed E-state index contributed by atoms with van der Waals surface area (Å²) in [6.45, 7) is 2.14. The van der Waals surface area contributed by atoms with Gasteiger partial charge in [0.25, 0.3) is 0 Å². The second-order valence-corrected chi connectivity index (χ2v) is 5.21. The van der Waals surface area contributed by atoms with Gasteiger partial charge in [0.15, 0.2) is 0 Å². The Balaban J connectivity index is 1.97. The monoisotopic (exact) mass is 265 g/mol. The van der Waals surface area contributed by atoms with E-state index in [1.54, 1.807) is 0 Å². The zero-order valence-corrected chi connectivity index (χ0v) is 11.7. The third-order valence-electron chi connectivity index (χ3n) is 3.04. The molecule has 0 radical (unpaired) electrons. The van der Waals surface area contributed by atoms with Crippen molar-refractivity contribution in [2.24, 2.45) is 12.8 Å². The van der Waals surface area contributed by atoms with Crippen LogP contribution in [-0.4, -0.2) is 19.4 Å². The van der Waals surface area contributed by atoms with Gasteiger partial charge in [-0.2, -0.15) is 5.10 Å². The minimum atomic E-state index is 0.0291. The molecular formula is C12H19N5S. The Bertz CT molecular complexity index is 490. The van der Waals surface area contributed by atoms with Crippen LogP contribution in [0.1, 0.15) is 42.1 Å². The zero-order valence-electron chi connectivity index (χ0n) is 10.8. The molecule has 2 rings (SSSR count). The summed E-state index contributed by atoms with van der Waals surface area (Å²) >= 11 is 1.43. The Labute approximate surface area is 111 Å². The van der Waals surface area contributed by atoms with Gasteiger partial charge in [0.05, 0.1) is 10.6 Å². The molecule has 6 heteroatoms. The number of nitrogens with zero attached hydrogens (tertiary/aromatic N) is 4. The first-order valence-corrected chi connectivity index (χ1v) is 7.03. The first-order valence-electron chi connectivity index (χ1n) is 6.26. The highest BCUT2D eigenvalue weighted by atomic mass is 32.1. The second kappa shape index (κ2) is 6.06. The van der Waals surface area contributed by atoms with Gasteiger partial charge in [-0.05, 0) is 36.9 Å². The summed E-state index contributed by atoms with van der Waals surface area (Å²) in [5.41, 5.74) is 8.52. The fourth-order valence-corrected chi connectivity index (χ4v) is 2.72. The third-order valence-corrected chi connectivity index (χ3v) is 3.94. The van der Waals surface area contributed by atoms with E-state index in [1.165, 1.54) is 17.2 Å². The van der Waals surface area contributed by atoms with Crippen molar-refractivity contribution in [2.75, 3.05) is 0 Å². The average Bonchev–Trinajstić information content (AvgIpc) is 2.96.